The number of nitrogens with zero attached hydrogens (tertiary/aromatic N) is 2. The Labute approximate surface area is 218 Å². The molecule has 37 heavy (non-hydrogen) atoms. The lowest BCUT2D eigenvalue weighted by Crippen LogP contribution is -2.38. The molecular formula is C29H33N3O4S. The van der Waals surface area contributed by atoms with Gasteiger partial charge in [0.25, 0.3) is 11.8 Å². The number of nitrogens with one attached hydrogen (secondary N) is 1. The van der Waals surface area contributed by atoms with Gasteiger partial charge in [-0.25, -0.2) is 8.42 Å². The largest absolute Gasteiger partial charge is 0.321 e. The van der Waals surface area contributed by atoms with Crippen molar-refractivity contribution in [2.24, 2.45) is 0 Å². The van der Waals surface area contributed by atoms with E-state index in [1.54, 1.807) is 31.3 Å². The molecule has 0 saturated heterocycles. The molecule has 2 aliphatic rings. The predicted molar refractivity (Wildman–Crippen MR) is 147 cm³/mol. The summed E-state index contributed by atoms with van der Waals surface area (Å²) in [5.74, 6) is -0.343. The Morgan fingerprint density at radius 2 is 1.76 bits per heavy atom. The highest BCUT2D eigenvalue weighted by Gasteiger charge is 2.31. The first-order valence-electron chi connectivity index (χ1n) is 13.1. The highest BCUT2D eigenvalue weighted by atomic mass is 32.2. The van der Waals surface area contributed by atoms with Crippen LogP contribution in [0.4, 0.5) is 11.4 Å². The van der Waals surface area contributed by atoms with Crippen molar-refractivity contribution in [2.45, 2.75) is 62.8 Å². The molecular weight excluding hydrogens is 486 g/mol. The van der Waals surface area contributed by atoms with E-state index < -0.39 is 10.0 Å². The maximum Gasteiger partial charge on any atom is 0.258 e. The normalized spacial score (nSPS) is 16.1. The van der Waals surface area contributed by atoms with Gasteiger partial charge in [0.05, 0.1) is 10.6 Å². The summed E-state index contributed by atoms with van der Waals surface area (Å²) in [7, 11) is -1.98. The minimum atomic E-state index is -3.62. The average molecular weight is 520 g/mol. The quantitative estimate of drug-likeness (QED) is 0.407. The van der Waals surface area contributed by atoms with Crippen molar-refractivity contribution in [3.05, 3.63) is 65.7 Å². The third kappa shape index (κ3) is 4.64. The zero-order valence-electron chi connectivity index (χ0n) is 21.4. The third-order valence-corrected chi connectivity index (χ3v) is 9.58. The van der Waals surface area contributed by atoms with Gasteiger partial charge in [0, 0.05) is 47.2 Å². The van der Waals surface area contributed by atoms with Gasteiger partial charge < -0.3 is 10.2 Å². The van der Waals surface area contributed by atoms with Crippen LogP contribution in [0.1, 0.15) is 72.6 Å². The smallest absolute Gasteiger partial charge is 0.258 e. The Kier molecular flexibility index (Phi) is 7.05. The monoisotopic (exact) mass is 519 g/mol. The van der Waals surface area contributed by atoms with Crippen LogP contribution in [0.25, 0.3) is 10.8 Å². The SMILES string of the molecule is CCCCN1C(=O)c2ccc(NC(=O)c3ccc(S(=O)(=O)N(C)C4CCCCC4)cc3)c3cccc1c23. The molecule has 7 nitrogen and oxygen atoms in total. The lowest BCUT2D eigenvalue weighted by molar-refractivity contribution is 0.0991. The fourth-order valence-corrected chi connectivity index (χ4v) is 6.89. The number of unbranched alkanes of at least 4 members (excludes halogenated alkanes) is 1. The van der Waals surface area contributed by atoms with Crippen LogP contribution in [0.3, 0.4) is 0 Å². The fraction of sp³-hybridized carbons (Fsp3) is 0.379. The molecule has 2 amide bonds. The maximum absolute atomic E-state index is 13.1. The van der Waals surface area contributed by atoms with Crippen LogP contribution >= 0.6 is 0 Å². The first-order chi connectivity index (χ1) is 17.8. The van der Waals surface area contributed by atoms with Crippen molar-refractivity contribution in [1.82, 2.24) is 4.31 Å². The third-order valence-electron chi connectivity index (χ3n) is 7.65. The van der Waals surface area contributed by atoms with Crippen molar-refractivity contribution >= 4 is 44.0 Å². The predicted octanol–water partition coefficient (Wildman–Crippen LogP) is 5.81. The second-order valence-electron chi connectivity index (χ2n) is 9.96. The molecule has 1 N–H and O–H groups in total. The summed E-state index contributed by atoms with van der Waals surface area (Å²) in [6.07, 6.45) is 6.92. The van der Waals surface area contributed by atoms with E-state index in [4.69, 9.17) is 0 Å². The number of carbonyl (C=O) groups is 2. The van der Waals surface area contributed by atoms with Crippen molar-refractivity contribution in [3.63, 3.8) is 0 Å². The Morgan fingerprint density at radius 3 is 2.46 bits per heavy atom. The first-order valence-corrected chi connectivity index (χ1v) is 14.5. The molecule has 194 valence electrons. The lowest BCUT2D eigenvalue weighted by Gasteiger charge is -2.30. The van der Waals surface area contributed by atoms with Gasteiger partial charge in [-0.1, -0.05) is 44.7 Å². The number of benzene rings is 3. The van der Waals surface area contributed by atoms with Crippen LogP contribution in [0.15, 0.2) is 59.5 Å². The van der Waals surface area contributed by atoms with E-state index in [0.29, 0.717) is 23.4 Å². The molecule has 1 heterocycles. The van der Waals surface area contributed by atoms with Gasteiger partial charge >= 0.3 is 0 Å². The van der Waals surface area contributed by atoms with Gasteiger partial charge in [-0.15, -0.1) is 0 Å². The zero-order valence-corrected chi connectivity index (χ0v) is 22.2. The van der Waals surface area contributed by atoms with Gasteiger partial charge in [-0.3, -0.25) is 9.59 Å². The summed E-state index contributed by atoms with van der Waals surface area (Å²) in [5.41, 5.74) is 2.50. The number of hydrogen-bond donors (Lipinski definition) is 1. The van der Waals surface area contributed by atoms with Crippen LogP contribution in [0.2, 0.25) is 0 Å². The van der Waals surface area contributed by atoms with Gasteiger partial charge in [0.1, 0.15) is 0 Å². The summed E-state index contributed by atoms with van der Waals surface area (Å²) >= 11 is 0. The second kappa shape index (κ2) is 10.3. The summed E-state index contributed by atoms with van der Waals surface area (Å²) in [5, 5.41) is 4.62. The standard InChI is InChI=1S/C29H33N3O4S/c1-3-4-19-32-26-12-8-11-23-25(18-17-24(27(23)26)29(32)34)30-28(33)20-13-15-22(16-14-20)37(35,36)31(2)21-9-6-5-7-10-21/h8,11-18,21H,3-7,9-10,19H2,1-2H3,(H,30,33). The molecule has 0 bridgehead atoms. The summed E-state index contributed by atoms with van der Waals surface area (Å²) in [4.78, 5) is 28.1. The summed E-state index contributed by atoms with van der Waals surface area (Å²) in [6.45, 7) is 2.76. The molecule has 0 aromatic heterocycles. The number of rotatable bonds is 8. The van der Waals surface area contributed by atoms with E-state index in [9.17, 15) is 18.0 Å². The van der Waals surface area contributed by atoms with Gasteiger partial charge in [0.2, 0.25) is 10.0 Å². The second-order valence-corrected chi connectivity index (χ2v) is 12.0. The fourth-order valence-electron chi connectivity index (χ4n) is 5.47. The van der Waals surface area contributed by atoms with Gasteiger partial charge in [-0.2, -0.15) is 4.31 Å². The molecule has 1 aliphatic heterocycles. The number of hydrogen-bond acceptors (Lipinski definition) is 4. The van der Waals surface area contributed by atoms with E-state index in [-0.39, 0.29) is 22.8 Å². The molecule has 1 aliphatic carbocycles. The van der Waals surface area contributed by atoms with Crippen LogP contribution in [0, 0.1) is 0 Å². The maximum atomic E-state index is 13.1. The number of amides is 2. The highest BCUT2D eigenvalue weighted by Crippen LogP contribution is 2.40. The Balaban J connectivity index is 1.37. The molecule has 0 radical (unpaired) electrons. The molecule has 3 aromatic carbocycles. The highest BCUT2D eigenvalue weighted by molar-refractivity contribution is 7.89. The van der Waals surface area contributed by atoms with E-state index >= 15 is 0 Å². The van der Waals surface area contributed by atoms with Gasteiger partial charge in [-0.05, 0) is 61.7 Å². The average Bonchev–Trinajstić information content (AvgIpc) is 3.20. The minimum Gasteiger partial charge on any atom is -0.321 e. The van der Waals surface area contributed by atoms with Crippen LogP contribution < -0.4 is 10.2 Å². The van der Waals surface area contributed by atoms with Crippen LogP contribution in [-0.4, -0.2) is 44.2 Å². The van der Waals surface area contributed by atoms with Crippen molar-refractivity contribution in [1.29, 1.82) is 0 Å². The van der Waals surface area contributed by atoms with Crippen molar-refractivity contribution in [2.75, 3.05) is 23.8 Å². The summed E-state index contributed by atoms with van der Waals surface area (Å²) < 4.78 is 27.8. The zero-order chi connectivity index (χ0) is 26.2. The molecule has 5 rings (SSSR count). The Bertz CT molecular complexity index is 1440. The topological polar surface area (TPSA) is 86.8 Å². The number of anilines is 2. The van der Waals surface area contributed by atoms with Crippen LogP contribution in [0.5, 0.6) is 0 Å². The van der Waals surface area contributed by atoms with E-state index in [1.165, 1.54) is 16.4 Å². The number of carbonyl (C=O) groups excluding carboxylic acids is 2. The Hall–Kier alpha value is -3.23. The molecule has 3 aromatic rings. The van der Waals surface area contributed by atoms with E-state index in [0.717, 1.165) is 61.4 Å². The van der Waals surface area contributed by atoms with E-state index in [1.807, 2.05) is 23.1 Å². The molecule has 1 saturated carbocycles. The van der Waals surface area contributed by atoms with Crippen molar-refractivity contribution < 1.29 is 18.0 Å². The van der Waals surface area contributed by atoms with Gasteiger partial charge in [0.15, 0.2) is 0 Å². The summed E-state index contributed by atoms with van der Waals surface area (Å²) in [6, 6.07) is 15.4. The minimum absolute atomic E-state index is 0.00693. The molecule has 0 spiro atoms. The van der Waals surface area contributed by atoms with Crippen LogP contribution in [-0.2, 0) is 10.0 Å². The van der Waals surface area contributed by atoms with E-state index in [2.05, 4.69) is 12.2 Å². The first kappa shape index (κ1) is 25.4. The van der Waals surface area contributed by atoms with Crippen molar-refractivity contribution in [3.8, 4) is 0 Å². The Morgan fingerprint density at radius 1 is 1.03 bits per heavy atom. The molecule has 8 heteroatoms. The number of sulfonamides is 1. The molecule has 1 fully saturated rings. The molecule has 0 atom stereocenters. The molecule has 0 unspecified atom stereocenters. The lowest BCUT2D eigenvalue weighted by atomic mass is 9.96.